The summed E-state index contributed by atoms with van der Waals surface area (Å²) < 4.78 is 22.6. The van der Waals surface area contributed by atoms with Crippen molar-refractivity contribution in [1.29, 1.82) is 0 Å². The number of nitrogens with zero attached hydrogens (tertiary/aromatic N) is 4. The molecule has 0 spiro atoms. The van der Waals surface area contributed by atoms with Crippen LogP contribution in [0.3, 0.4) is 0 Å². The molecule has 2 fully saturated rings. The number of piperidine rings is 1. The Kier molecular flexibility index (Phi) is 6.40. The van der Waals surface area contributed by atoms with Gasteiger partial charge in [0.05, 0.1) is 23.3 Å². The van der Waals surface area contributed by atoms with Gasteiger partial charge in [-0.2, -0.15) is 5.10 Å². The summed E-state index contributed by atoms with van der Waals surface area (Å²) in [5.74, 6) is -2.33. The maximum absolute atomic E-state index is 15.3. The molecule has 6 rings (SSSR count). The van der Waals surface area contributed by atoms with Crippen molar-refractivity contribution in [2.75, 3.05) is 19.0 Å². The number of nitrogens with one attached hydrogen (secondary N) is 2. The first kappa shape index (κ1) is 25.8. The fraction of sp³-hybridized carbons (Fsp3) is 0.393. The molecule has 11 nitrogen and oxygen atoms in total. The molecular formula is C28H29FN6O5. The molecule has 1 aliphatic carbocycles. The molecule has 208 valence electrons. The molecule has 0 radical (unpaired) electrons. The van der Waals surface area contributed by atoms with E-state index in [1.165, 1.54) is 11.0 Å². The summed E-state index contributed by atoms with van der Waals surface area (Å²) in [5.41, 5.74) is 2.51. The van der Waals surface area contributed by atoms with Crippen LogP contribution in [0.5, 0.6) is 0 Å². The molecule has 3 aliphatic rings. The topological polar surface area (TPSA) is 126 Å². The molecule has 1 unspecified atom stereocenters. The van der Waals surface area contributed by atoms with Gasteiger partial charge in [0.15, 0.2) is 0 Å². The van der Waals surface area contributed by atoms with Gasteiger partial charge in [0, 0.05) is 49.7 Å². The molecule has 4 amide bonds. The number of rotatable bonds is 6. The van der Waals surface area contributed by atoms with Gasteiger partial charge >= 0.3 is 6.09 Å². The van der Waals surface area contributed by atoms with Crippen molar-refractivity contribution in [3.8, 4) is 0 Å². The minimum Gasteiger partial charge on any atom is -0.445 e. The predicted molar refractivity (Wildman–Crippen MR) is 142 cm³/mol. The SMILES string of the molecule is CN(C)c1ccc2cnn(C3CC(NC(=O)OCc4ccc5c(c4F)C(=O)N(C4CCC(=O)NC4=O)C5)C3)c2c1. The van der Waals surface area contributed by atoms with E-state index in [0.717, 1.165) is 16.6 Å². The van der Waals surface area contributed by atoms with Crippen LogP contribution in [0.1, 0.15) is 53.2 Å². The lowest BCUT2D eigenvalue weighted by Crippen LogP contribution is -2.52. The lowest BCUT2D eigenvalue weighted by molar-refractivity contribution is -0.136. The highest BCUT2D eigenvalue weighted by molar-refractivity contribution is 6.05. The number of imide groups is 1. The summed E-state index contributed by atoms with van der Waals surface area (Å²) in [6, 6.07) is 8.48. The standard InChI is InChI=1S/C28H29FN6O5/c1-33(2)19-6-5-15-12-30-35(22(15)11-19)20-9-18(10-20)31-28(39)40-14-17-4-3-16-13-34(27(38)24(16)25(17)29)21-7-8-23(36)32-26(21)37/h3-6,11-12,18,20-21H,7-10,13-14H2,1-2H3,(H,31,39)(H,32,36,37). The highest BCUT2D eigenvalue weighted by Gasteiger charge is 2.41. The number of carbonyl (C=O) groups excluding carboxylic acids is 4. The van der Waals surface area contributed by atoms with Crippen LogP contribution in [0.25, 0.3) is 10.9 Å². The second-order valence-electron chi connectivity index (χ2n) is 10.7. The van der Waals surface area contributed by atoms with Gasteiger partial charge in [-0.1, -0.05) is 12.1 Å². The maximum atomic E-state index is 15.3. The first-order valence-corrected chi connectivity index (χ1v) is 13.2. The van der Waals surface area contributed by atoms with Crippen molar-refractivity contribution in [3.05, 3.63) is 59.0 Å². The Morgan fingerprint density at radius 2 is 2.00 bits per heavy atom. The van der Waals surface area contributed by atoms with E-state index < -0.39 is 29.8 Å². The number of hydrogen-bond acceptors (Lipinski definition) is 7. The average molecular weight is 549 g/mol. The van der Waals surface area contributed by atoms with Crippen LogP contribution in [-0.4, -0.2) is 64.7 Å². The van der Waals surface area contributed by atoms with E-state index in [9.17, 15) is 19.2 Å². The van der Waals surface area contributed by atoms with Crippen molar-refractivity contribution in [2.45, 2.75) is 57.0 Å². The van der Waals surface area contributed by atoms with E-state index in [4.69, 9.17) is 4.74 Å². The number of benzene rings is 2. The quantitative estimate of drug-likeness (QED) is 0.454. The molecule has 1 atom stereocenters. The Morgan fingerprint density at radius 3 is 2.75 bits per heavy atom. The fourth-order valence-electron chi connectivity index (χ4n) is 5.62. The van der Waals surface area contributed by atoms with Crippen LogP contribution in [0, 0.1) is 5.82 Å². The van der Waals surface area contributed by atoms with E-state index in [-0.39, 0.29) is 55.1 Å². The highest BCUT2D eigenvalue weighted by atomic mass is 19.1. The first-order valence-electron chi connectivity index (χ1n) is 13.2. The zero-order chi connectivity index (χ0) is 28.1. The third-order valence-corrected chi connectivity index (χ3v) is 7.95. The average Bonchev–Trinajstić information content (AvgIpc) is 3.46. The third-order valence-electron chi connectivity index (χ3n) is 7.95. The third kappa shape index (κ3) is 4.52. The zero-order valence-corrected chi connectivity index (χ0v) is 22.1. The highest BCUT2D eigenvalue weighted by Crippen LogP contribution is 2.35. The van der Waals surface area contributed by atoms with Gasteiger partial charge in [-0.05, 0) is 43.0 Å². The largest absolute Gasteiger partial charge is 0.445 e. The number of amides is 4. The van der Waals surface area contributed by atoms with Gasteiger partial charge in [-0.25, -0.2) is 9.18 Å². The Morgan fingerprint density at radius 1 is 1.20 bits per heavy atom. The number of ether oxygens (including phenoxy) is 1. The molecule has 12 heteroatoms. The summed E-state index contributed by atoms with van der Waals surface area (Å²) in [5, 5.41) is 10.6. The molecule has 1 saturated heterocycles. The molecule has 1 saturated carbocycles. The Hall–Kier alpha value is -4.48. The Balaban J connectivity index is 1.04. The molecule has 3 heterocycles. The van der Waals surface area contributed by atoms with Crippen LogP contribution < -0.4 is 15.5 Å². The molecule has 40 heavy (non-hydrogen) atoms. The minimum atomic E-state index is -0.830. The Labute approximate surface area is 229 Å². The molecule has 2 aromatic carbocycles. The van der Waals surface area contributed by atoms with Crippen molar-refractivity contribution < 1.29 is 28.3 Å². The van der Waals surface area contributed by atoms with Crippen molar-refractivity contribution in [1.82, 2.24) is 25.3 Å². The van der Waals surface area contributed by atoms with E-state index in [0.29, 0.717) is 18.4 Å². The van der Waals surface area contributed by atoms with E-state index >= 15 is 4.39 Å². The normalized spacial score (nSPS) is 22.1. The van der Waals surface area contributed by atoms with Crippen LogP contribution in [0.4, 0.5) is 14.9 Å². The molecule has 1 aromatic heterocycles. The number of hydrogen-bond donors (Lipinski definition) is 2. The van der Waals surface area contributed by atoms with E-state index in [2.05, 4.69) is 21.8 Å². The van der Waals surface area contributed by atoms with Crippen LogP contribution in [0.2, 0.25) is 0 Å². The summed E-state index contributed by atoms with van der Waals surface area (Å²) >= 11 is 0. The maximum Gasteiger partial charge on any atom is 0.407 e. The van der Waals surface area contributed by atoms with Gasteiger partial charge in [-0.15, -0.1) is 0 Å². The Bertz CT molecular complexity index is 1550. The van der Waals surface area contributed by atoms with Crippen molar-refractivity contribution in [3.63, 3.8) is 0 Å². The number of aromatic nitrogens is 2. The second-order valence-corrected chi connectivity index (χ2v) is 10.7. The van der Waals surface area contributed by atoms with E-state index in [1.807, 2.05) is 42.0 Å². The van der Waals surface area contributed by atoms with Crippen LogP contribution in [-0.2, 0) is 27.5 Å². The van der Waals surface area contributed by atoms with Gasteiger partial charge in [-0.3, -0.25) is 24.4 Å². The fourth-order valence-corrected chi connectivity index (χ4v) is 5.62. The van der Waals surface area contributed by atoms with Crippen molar-refractivity contribution in [2.24, 2.45) is 0 Å². The number of carbonyl (C=O) groups is 4. The van der Waals surface area contributed by atoms with Gasteiger partial charge in [0.2, 0.25) is 11.8 Å². The summed E-state index contributed by atoms with van der Waals surface area (Å²) in [6.07, 6.45) is 2.86. The lowest BCUT2D eigenvalue weighted by Gasteiger charge is -2.36. The van der Waals surface area contributed by atoms with Crippen molar-refractivity contribution >= 4 is 40.4 Å². The van der Waals surface area contributed by atoms with Gasteiger partial charge in [0.1, 0.15) is 18.5 Å². The number of halogens is 1. The van der Waals surface area contributed by atoms with Crippen LogP contribution in [0.15, 0.2) is 36.5 Å². The zero-order valence-electron chi connectivity index (χ0n) is 22.1. The second kappa shape index (κ2) is 9.92. The number of anilines is 1. The predicted octanol–water partition coefficient (Wildman–Crippen LogP) is 2.63. The summed E-state index contributed by atoms with van der Waals surface area (Å²) in [6.45, 7) is -0.270. The summed E-state index contributed by atoms with van der Waals surface area (Å²) in [4.78, 5) is 52.4. The van der Waals surface area contributed by atoms with Gasteiger partial charge in [0.25, 0.3) is 5.91 Å². The van der Waals surface area contributed by atoms with Gasteiger partial charge < -0.3 is 19.9 Å². The molecule has 2 N–H and O–H groups in total. The lowest BCUT2D eigenvalue weighted by atomic mass is 9.87. The number of alkyl carbamates (subject to hydrolysis) is 1. The minimum absolute atomic E-state index is 0.0681. The first-order chi connectivity index (χ1) is 19.2. The molecule has 0 bridgehead atoms. The molecule has 3 aromatic rings. The van der Waals surface area contributed by atoms with E-state index in [1.54, 1.807) is 6.07 Å². The molecule has 2 aliphatic heterocycles. The smallest absolute Gasteiger partial charge is 0.407 e. The molecular weight excluding hydrogens is 519 g/mol. The number of fused-ring (bicyclic) bond motifs is 2. The summed E-state index contributed by atoms with van der Waals surface area (Å²) in [7, 11) is 3.97. The monoisotopic (exact) mass is 548 g/mol. The van der Waals surface area contributed by atoms with Crippen LogP contribution >= 0.6 is 0 Å².